The summed E-state index contributed by atoms with van der Waals surface area (Å²) in [7, 11) is 0. The third-order valence-corrected chi connectivity index (χ3v) is 9.60. The fourth-order valence-electron chi connectivity index (χ4n) is 7.21. The van der Waals surface area contributed by atoms with Crippen LogP contribution in [0.3, 0.4) is 0 Å². The van der Waals surface area contributed by atoms with Crippen molar-refractivity contribution >= 4 is 43.7 Å². The summed E-state index contributed by atoms with van der Waals surface area (Å²) in [4.78, 5) is 9.45. The van der Waals surface area contributed by atoms with E-state index in [9.17, 15) is 0 Å². The molecule has 10 aromatic rings. The van der Waals surface area contributed by atoms with E-state index >= 15 is 0 Å². The Bertz CT molecular complexity index is 3020. The van der Waals surface area contributed by atoms with E-state index in [4.69, 9.17) is 12.1 Å². The maximum atomic E-state index is 8.56. The summed E-state index contributed by atoms with van der Waals surface area (Å²) < 4.78 is 25.7. The summed E-state index contributed by atoms with van der Waals surface area (Å²) in [6, 6.07) is 61.3. The summed E-state index contributed by atoms with van der Waals surface area (Å²) in [5.41, 5.74) is 9.66. The summed E-state index contributed by atoms with van der Waals surface area (Å²) in [6.07, 6.45) is 0.378. The molecule has 0 spiro atoms. The Morgan fingerprint density at radius 3 is 2.27 bits per heavy atom. The SMILES string of the molecule is [2H]C([2H])(c1ccc(-c2ccnc(-c3[c-]ccc4c3oc3ccc5ccccc5c34)c2)cc1)C(C)(C)C.[Ir].[c-]1ccccc1-c1nc2ccccc2n1-c1ccccc1. The number of aromatic nitrogens is 3. The number of furan rings is 1. The second-order valence-corrected chi connectivity index (χ2v) is 14.6. The van der Waals surface area contributed by atoms with Crippen LogP contribution in [0.2, 0.25) is 0 Å². The van der Waals surface area contributed by atoms with Crippen molar-refractivity contribution in [3.05, 3.63) is 188 Å². The van der Waals surface area contributed by atoms with Crippen LogP contribution in [-0.4, -0.2) is 14.5 Å². The van der Waals surface area contributed by atoms with Crippen molar-refractivity contribution in [3.63, 3.8) is 0 Å². The molecule has 4 nitrogen and oxygen atoms in total. The van der Waals surface area contributed by atoms with Gasteiger partial charge in [0.05, 0.1) is 22.4 Å². The molecular formula is C51H39IrN3O-2. The van der Waals surface area contributed by atoms with Gasteiger partial charge in [0.25, 0.3) is 0 Å². The van der Waals surface area contributed by atoms with Gasteiger partial charge in [-0.25, -0.2) is 0 Å². The number of rotatable bonds is 5. The van der Waals surface area contributed by atoms with Crippen molar-refractivity contribution in [3.8, 4) is 39.5 Å². The number of para-hydroxylation sites is 3. The number of benzene rings is 7. The number of hydrogen-bond donors (Lipinski definition) is 0. The quantitative estimate of drug-likeness (QED) is 0.162. The molecule has 0 bridgehead atoms. The fraction of sp³-hybridized carbons (Fsp3) is 0.0980. The van der Waals surface area contributed by atoms with Crippen LogP contribution in [0.25, 0.3) is 83.2 Å². The number of fused-ring (bicyclic) bond motifs is 6. The van der Waals surface area contributed by atoms with E-state index in [1.807, 2.05) is 130 Å². The minimum Gasteiger partial charge on any atom is -0.501 e. The summed E-state index contributed by atoms with van der Waals surface area (Å²) in [5, 5.41) is 4.51. The Morgan fingerprint density at radius 2 is 1.46 bits per heavy atom. The van der Waals surface area contributed by atoms with Crippen LogP contribution in [0.5, 0.6) is 0 Å². The molecule has 1 radical (unpaired) electrons. The van der Waals surface area contributed by atoms with Gasteiger partial charge in [-0.15, -0.1) is 54.1 Å². The Balaban J connectivity index is 0.000000181. The van der Waals surface area contributed by atoms with E-state index in [1.165, 1.54) is 10.8 Å². The molecule has 7 aromatic carbocycles. The minimum absolute atomic E-state index is 0. The smallest absolute Gasteiger partial charge is 0.121 e. The van der Waals surface area contributed by atoms with Gasteiger partial charge in [0.2, 0.25) is 0 Å². The molecule has 0 aliphatic rings. The molecule has 275 valence electrons. The van der Waals surface area contributed by atoms with Crippen LogP contribution < -0.4 is 0 Å². The van der Waals surface area contributed by atoms with Gasteiger partial charge >= 0.3 is 0 Å². The van der Waals surface area contributed by atoms with E-state index in [-0.39, 0.29) is 20.1 Å². The van der Waals surface area contributed by atoms with Crippen molar-refractivity contribution in [1.82, 2.24) is 14.5 Å². The van der Waals surface area contributed by atoms with Gasteiger partial charge in [0.1, 0.15) is 5.58 Å². The average Bonchev–Trinajstić information content (AvgIpc) is 3.84. The van der Waals surface area contributed by atoms with Crippen molar-refractivity contribution < 1.29 is 27.3 Å². The average molecular weight is 904 g/mol. The third-order valence-electron chi connectivity index (χ3n) is 9.60. The molecule has 3 heterocycles. The molecule has 0 unspecified atom stereocenters. The Hall–Kier alpha value is -6.13. The largest absolute Gasteiger partial charge is 0.501 e. The predicted molar refractivity (Wildman–Crippen MR) is 227 cm³/mol. The fourth-order valence-corrected chi connectivity index (χ4v) is 7.21. The number of nitrogens with zero attached hydrogens (tertiary/aromatic N) is 3. The summed E-state index contributed by atoms with van der Waals surface area (Å²) in [5.74, 6) is 0.919. The first-order chi connectivity index (χ1) is 27.7. The Labute approximate surface area is 343 Å². The molecule has 0 fully saturated rings. The monoisotopic (exact) mass is 904 g/mol. The molecule has 3 aromatic heterocycles. The van der Waals surface area contributed by atoms with Gasteiger partial charge in [0.15, 0.2) is 0 Å². The predicted octanol–water partition coefficient (Wildman–Crippen LogP) is 13.3. The summed E-state index contributed by atoms with van der Waals surface area (Å²) >= 11 is 0. The van der Waals surface area contributed by atoms with Crippen LogP contribution in [0.15, 0.2) is 174 Å². The van der Waals surface area contributed by atoms with Gasteiger partial charge in [-0.05, 0) is 81.3 Å². The van der Waals surface area contributed by atoms with E-state index < -0.39 is 11.8 Å². The first kappa shape index (κ1) is 34.4. The zero-order chi connectivity index (χ0) is 39.1. The second kappa shape index (κ2) is 15.5. The van der Waals surface area contributed by atoms with Gasteiger partial charge in [0, 0.05) is 40.1 Å². The molecule has 0 amide bonds. The molecule has 56 heavy (non-hydrogen) atoms. The second-order valence-electron chi connectivity index (χ2n) is 14.6. The maximum absolute atomic E-state index is 8.56. The minimum atomic E-state index is -1.43. The summed E-state index contributed by atoms with van der Waals surface area (Å²) in [6.45, 7) is 5.77. The maximum Gasteiger partial charge on any atom is 0.121 e. The molecular weight excluding hydrogens is 863 g/mol. The van der Waals surface area contributed by atoms with Crippen LogP contribution in [0.4, 0.5) is 0 Å². The van der Waals surface area contributed by atoms with Crippen LogP contribution in [-0.2, 0) is 26.5 Å². The zero-order valence-electron chi connectivity index (χ0n) is 33.2. The zero-order valence-corrected chi connectivity index (χ0v) is 33.6. The molecule has 10 rings (SSSR count). The standard InChI is InChI=1S/C32H26NO.C19H13N2.Ir/c1-32(2,3)20-21-11-13-22(14-12-21)24-17-18-33-28(19-24)26-9-6-10-27-30-25-8-5-4-7-23(25)15-16-29(30)34-31(26)27;1-3-9-15(10-4-1)19-20-17-13-7-8-14-18(17)21(19)16-11-5-2-6-12-16;/h4-8,10-19H,20H2,1-3H3;1-9,11-14H;/q2*-1;/i20D2;;. The van der Waals surface area contributed by atoms with E-state index in [0.29, 0.717) is 5.56 Å². The van der Waals surface area contributed by atoms with Crippen molar-refractivity contribution in [1.29, 1.82) is 0 Å². The normalized spacial score (nSPS) is 12.2. The van der Waals surface area contributed by atoms with Crippen molar-refractivity contribution in [2.75, 3.05) is 0 Å². The number of hydrogen-bond acceptors (Lipinski definition) is 3. The van der Waals surface area contributed by atoms with Crippen molar-refractivity contribution in [2.45, 2.75) is 27.1 Å². The topological polar surface area (TPSA) is 43.9 Å². The van der Waals surface area contributed by atoms with Gasteiger partial charge in [-0.3, -0.25) is 4.98 Å². The Morgan fingerprint density at radius 1 is 0.696 bits per heavy atom. The molecule has 0 aliphatic heterocycles. The first-order valence-corrected chi connectivity index (χ1v) is 18.5. The van der Waals surface area contributed by atoms with Gasteiger partial charge < -0.3 is 14.0 Å². The first-order valence-electron chi connectivity index (χ1n) is 19.5. The van der Waals surface area contributed by atoms with E-state index in [1.54, 1.807) is 6.20 Å². The number of pyridine rings is 1. The molecule has 0 saturated heterocycles. The third kappa shape index (κ3) is 7.32. The van der Waals surface area contributed by atoms with Gasteiger partial charge in [-0.1, -0.05) is 123 Å². The van der Waals surface area contributed by atoms with E-state index in [2.05, 4.69) is 76.3 Å². The van der Waals surface area contributed by atoms with Gasteiger partial charge in [-0.2, -0.15) is 0 Å². The van der Waals surface area contributed by atoms with Crippen molar-refractivity contribution in [2.24, 2.45) is 5.41 Å². The molecule has 0 saturated carbocycles. The molecule has 0 atom stereocenters. The molecule has 0 aliphatic carbocycles. The molecule has 0 N–H and O–H groups in total. The molecule has 5 heteroatoms. The van der Waals surface area contributed by atoms with Crippen LogP contribution >= 0.6 is 0 Å². The van der Waals surface area contributed by atoms with Crippen LogP contribution in [0, 0.1) is 17.5 Å². The Kier molecular flexibility index (Phi) is 9.54. The number of imidazole rings is 1. The van der Waals surface area contributed by atoms with E-state index in [0.717, 1.165) is 72.4 Å². The van der Waals surface area contributed by atoms with Crippen LogP contribution in [0.1, 0.15) is 29.1 Å².